The summed E-state index contributed by atoms with van der Waals surface area (Å²) in [5.41, 5.74) is -0.433. The number of hydrogen-bond acceptors (Lipinski definition) is 3. The second-order valence-electron chi connectivity index (χ2n) is 6.59. The molecule has 1 amide bonds. The summed E-state index contributed by atoms with van der Waals surface area (Å²) in [4.78, 5) is 12.2. The summed E-state index contributed by atoms with van der Waals surface area (Å²) in [6.45, 7) is 6.75. The zero-order chi connectivity index (χ0) is 18.0. The van der Waals surface area contributed by atoms with Crippen LogP contribution >= 0.6 is 0 Å². The average molecular weight is 348 g/mol. The molecule has 1 aromatic rings. The number of carbonyl (C=O) groups excluding carboxylic acids is 1. The topological polar surface area (TPSA) is 75.3 Å². The van der Waals surface area contributed by atoms with Crippen molar-refractivity contribution in [3.05, 3.63) is 35.4 Å². The summed E-state index contributed by atoms with van der Waals surface area (Å²) in [6, 6.07) is 1.37. The molecule has 23 heavy (non-hydrogen) atoms. The number of carbonyl (C=O) groups is 1. The molecule has 0 fully saturated rings. The van der Waals surface area contributed by atoms with Crippen molar-refractivity contribution in [1.82, 2.24) is 10.0 Å². The quantitative estimate of drug-likeness (QED) is 0.856. The highest BCUT2D eigenvalue weighted by atomic mass is 32.2. The van der Waals surface area contributed by atoms with E-state index in [-0.39, 0.29) is 5.56 Å². The summed E-state index contributed by atoms with van der Waals surface area (Å²) < 4.78 is 51.7. The summed E-state index contributed by atoms with van der Waals surface area (Å²) in [7, 11) is -3.55. The molecular formula is C15H22F2N2O3S. The Labute approximate surface area is 135 Å². The van der Waals surface area contributed by atoms with Gasteiger partial charge in [-0.25, -0.2) is 21.9 Å². The summed E-state index contributed by atoms with van der Waals surface area (Å²) >= 11 is 0. The van der Waals surface area contributed by atoms with Crippen molar-refractivity contribution in [3.8, 4) is 0 Å². The molecule has 0 saturated carbocycles. The molecule has 0 aromatic heterocycles. The first-order valence-electron chi connectivity index (χ1n) is 7.04. The third-order valence-corrected chi connectivity index (χ3v) is 3.99. The van der Waals surface area contributed by atoms with Gasteiger partial charge in [-0.2, -0.15) is 0 Å². The zero-order valence-electron chi connectivity index (χ0n) is 13.8. The Bertz CT molecular complexity index is 684. The van der Waals surface area contributed by atoms with E-state index in [0.717, 1.165) is 18.4 Å². The van der Waals surface area contributed by atoms with E-state index in [2.05, 4.69) is 10.0 Å². The highest BCUT2D eigenvalue weighted by molar-refractivity contribution is 7.88. The van der Waals surface area contributed by atoms with Gasteiger partial charge >= 0.3 is 0 Å². The zero-order valence-corrected chi connectivity index (χ0v) is 14.6. The predicted octanol–water partition coefficient (Wildman–Crippen LogP) is 2.11. The number of benzene rings is 1. The minimum absolute atomic E-state index is 0.138. The van der Waals surface area contributed by atoms with E-state index in [1.165, 1.54) is 13.0 Å². The van der Waals surface area contributed by atoms with Gasteiger partial charge in [-0.15, -0.1) is 0 Å². The van der Waals surface area contributed by atoms with Gasteiger partial charge in [0, 0.05) is 11.6 Å². The van der Waals surface area contributed by atoms with E-state index in [9.17, 15) is 22.0 Å². The molecule has 0 spiro atoms. The lowest BCUT2D eigenvalue weighted by molar-refractivity contribution is -0.123. The normalized spacial score (nSPS) is 15.1. The van der Waals surface area contributed by atoms with Gasteiger partial charge in [0.2, 0.25) is 15.9 Å². The third-order valence-electron chi connectivity index (χ3n) is 3.21. The fourth-order valence-electron chi connectivity index (χ4n) is 2.14. The molecule has 1 aromatic carbocycles. The van der Waals surface area contributed by atoms with Crippen molar-refractivity contribution >= 4 is 15.9 Å². The number of nitrogens with one attached hydrogen (secondary N) is 2. The Morgan fingerprint density at radius 2 is 1.78 bits per heavy atom. The summed E-state index contributed by atoms with van der Waals surface area (Å²) in [6.07, 6.45) is 0.942. The van der Waals surface area contributed by atoms with Crippen LogP contribution < -0.4 is 10.0 Å². The molecule has 8 heteroatoms. The van der Waals surface area contributed by atoms with Crippen LogP contribution in [0.1, 0.15) is 39.3 Å². The van der Waals surface area contributed by atoms with Gasteiger partial charge < -0.3 is 5.32 Å². The minimum Gasteiger partial charge on any atom is -0.347 e. The Balaban J connectivity index is 3.08. The molecule has 1 rings (SSSR count). The number of sulfonamides is 1. The number of rotatable bonds is 5. The molecule has 0 bridgehead atoms. The highest BCUT2D eigenvalue weighted by Gasteiger charge is 2.31. The monoisotopic (exact) mass is 348 g/mol. The first-order valence-corrected chi connectivity index (χ1v) is 8.93. The molecule has 0 heterocycles. The van der Waals surface area contributed by atoms with E-state index in [1.807, 2.05) is 0 Å². The second-order valence-corrected chi connectivity index (χ2v) is 8.37. The number of hydrogen-bond donors (Lipinski definition) is 2. The van der Waals surface area contributed by atoms with Crippen LogP contribution in [0.4, 0.5) is 8.78 Å². The number of amides is 1. The van der Waals surface area contributed by atoms with Crippen molar-refractivity contribution in [2.24, 2.45) is 5.41 Å². The highest BCUT2D eigenvalue weighted by Crippen LogP contribution is 2.34. The van der Waals surface area contributed by atoms with Crippen LogP contribution in [0.3, 0.4) is 0 Å². The van der Waals surface area contributed by atoms with E-state index < -0.39 is 45.1 Å². The molecule has 130 valence electrons. The van der Waals surface area contributed by atoms with Crippen molar-refractivity contribution in [2.45, 2.75) is 39.8 Å². The largest absolute Gasteiger partial charge is 0.347 e. The maximum absolute atomic E-state index is 14.1. The van der Waals surface area contributed by atoms with Gasteiger partial charge in [-0.1, -0.05) is 26.8 Å². The molecule has 0 aliphatic rings. The average Bonchev–Trinajstić information content (AvgIpc) is 2.33. The lowest BCUT2D eigenvalue weighted by Crippen LogP contribution is -2.47. The third kappa shape index (κ3) is 5.87. The molecule has 0 aliphatic carbocycles. The first-order chi connectivity index (χ1) is 10.3. The standard InChI is InChI=1S/C15H22F2N2O3S/c1-9(19-23(5,21)22)14(20)18-13(15(2,3)4)11-7-6-10(16)8-12(11)17/h6-9,13,19H,1-5H3,(H,18,20)/t9-,13-/m0/s1. The summed E-state index contributed by atoms with van der Waals surface area (Å²) in [5.74, 6) is -2.08. The van der Waals surface area contributed by atoms with Crippen LogP contribution in [0.25, 0.3) is 0 Å². The van der Waals surface area contributed by atoms with Crippen LogP contribution in [-0.2, 0) is 14.8 Å². The Hall–Kier alpha value is -1.54. The van der Waals surface area contributed by atoms with Crippen molar-refractivity contribution in [1.29, 1.82) is 0 Å². The van der Waals surface area contributed by atoms with E-state index >= 15 is 0 Å². The maximum Gasteiger partial charge on any atom is 0.238 e. The molecule has 0 aliphatic heterocycles. The smallest absolute Gasteiger partial charge is 0.238 e. The van der Waals surface area contributed by atoms with E-state index in [0.29, 0.717) is 0 Å². The lowest BCUT2D eigenvalue weighted by Gasteiger charge is -2.33. The van der Waals surface area contributed by atoms with Crippen LogP contribution in [0.15, 0.2) is 18.2 Å². The van der Waals surface area contributed by atoms with Crippen LogP contribution in [0, 0.1) is 17.0 Å². The molecular weight excluding hydrogens is 326 g/mol. The molecule has 0 unspecified atom stereocenters. The Kier molecular flexibility index (Phi) is 5.87. The SMILES string of the molecule is C[C@H](NS(C)(=O)=O)C(=O)N[C@@H](c1ccc(F)cc1F)C(C)(C)C. The summed E-state index contributed by atoms with van der Waals surface area (Å²) in [5, 5.41) is 2.63. The van der Waals surface area contributed by atoms with Gasteiger partial charge in [0.15, 0.2) is 0 Å². The Morgan fingerprint density at radius 1 is 1.22 bits per heavy atom. The predicted molar refractivity (Wildman–Crippen MR) is 84.1 cm³/mol. The fourth-order valence-corrected chi connectivity index (χ4v) is 2.89. The van der Waals surface area contributed by atoms with Crippen molar-refractivity contribution < 1.29 is 22.0 Å². The molecule has 0 radical (unpaired) electrons. The molecule has 0 saturated heterocycles. The van der Waals surface area contributed by atoms with E-state index in [4.69, 9.17) is 0 Å². The first kappa shape index (κ1) is 19.5. The maximum atomic E-state index is 14.1. The van der Waals surface area contributed by atoms with Gasteiger partial charge in [-0.05, 0) is 18.4 Å². The van der Waals surface area contributed by atoms with Crippen molar-refractivity contribution in [2.75, 3.05) is 6.26 Å². The van der Waals surface area contributed by atoms with Gasteiger partial charge in [-0.3, -0.25) is 4.79 Å². The van der Waals surface area contributed by atoms with Gasteiger partial charge in [0.25, 0.3) is 0 Å². The van der Waals surface area contributed by atoms with Crippen LogP contribution in [-0.4, -0.2) is 26.6 Å². The lowest BCUT2D eigenvalue weighted by atomic mass is 9.82. The van der Waals surface area contributed by atoms with Crippen LogP contribution in [0.5, 0.6) is 0 Å². The molecule has 2 atom stereocenters. The van der Waals surface area contributed by atoms with E-state index in [1.54, 1.807) is 20.8 Å². The molecule has 2 N–H and O–H groups in total. The van der Waals surface area contributed by atoms with Gasteiger partial charge in [0.1, 0.15) is 11.6 Å². The minimum atomic E-state index is -3.55. The fraction of sp³-hybridized carbons (Fsp3) is 0.533. The van der Waals surface area contributed by atoms with Crippen LogP contribution in [0.2, 0.25) is 0 Å². The number of halogens is 2. The van der Waals surface area contributed by atoms with Crippen molar-refractivity contribution in [3.63, 3.8) is 0 Å². The Morgan fingerprint density at radius 3 is 2.22 bits per heavy atom. The second kappa shape index (κ2) is 6.92. The molecule has 5 nitrogen and oxygen atoms in total. The van der Waals surface area contributed by atoms with Gasteiger partial charge in [0.05, 0.1) is 18.3 Å².